The Hall–Kier alpha value is -1.17. The minimum atomic E-state index is -0.247. The number of nitrogens with zero attached hydrogens (tertiary/aromatic N) is 2. The standard InChI is InChI=1S/C13H21N3O2/c1-13(2)9-16(7-11(8-17)18-13)6-10-4-3-5-15-12(10)14/h3-5,11,17H,6-9H2,1-2H3,(H2,14,15). The van der Waals surface area contributed by atoms with Gasteiger partial charge in [-0.25, -0.2) is 4.98 Å². The van der Waals surface area contributed by atoms with Gasteiger partial charge in [0.2, 0.25) is 0 Å². The van der Waals surface area contributed by atoms with Gasteiger partial charge in [0, 0.05) is 31.4 Å². The second kappa shape index (κ2) is 5.22. The molecular weight excluding hydrogens is 230 g/mol. The fraction of sp³-hybridized carbons (Fsp3) is 0.615. The van der Waals surface area contributed by atoms with Crippen LogP contribution in [0.1, 0.15) is 19.4 Å². The first-order valence-electron chi connectivity index (χ1n) is 6.20. The normalized spacial score (nSPS) is 24.1. The van der Waals surface area contributed by atoms with E-state index in [0.717, 1.165) is 18.7 Å². The largest absolute Gasteiger partial charge is 0.394 e. The van der Waals surface area contributed by atoms with E-state index in [9.17, 15) is 5.11 Å². The fourth-order valence-corrected chi connectivity index (χ4v) is 2.46. The lowest BCUT2D eigenvalue weighted by atomic mass is 10.0. The number of pyridine rings is 1. The number of aliphatic hydroxyl groups excluding tert-OH is 1. The van der Waals surface area contributed by atoms with Gasteiger partial charge in [0.1, 0.15) is 5.82 Å². The molecule has 1 fully saturated rings. The minimum Gasteiger partial charge on any atom is -0.394 e. The Kier molecular flexibility index (Phi) is 3.85. The van der Waals surface area contributed by atoms with Crippen molar-refractivity contribution in [3.8, 4) is 0 Å². The molecule has 0 aromatic carbocycles. The Morgan fingerprint density at radius 2 is 2.39 bits per heavy atom. The second-order valence-electron chi connectivity index (χ2n) is 5.40. The average molecular weight is 251 g/mol. The molecule has 1 saturated heterocycles. The molecule has 5 heteroatoms. The summed E-state index contributed by atoms with van der Waals surface area (Å²) in [7, 11) is 0. The summed E-state index contributed by atoms with van der Waals surface area (Å²) in [6.45, 7) is 6.39. The van der Waals surface area contributed by atoms with Crippen LogP contribution in [0.5, 0.6) is 0 Å². The van der Waals surface area contributed by atoms with Crippen LogP contribution in [0.15, 0.2) is 18.3 Å². The van der Waals surface area contributed by atoms with Crippen LogP contribution in [0.2, 0.25) is 0 Å². The number of anilines is 1. The molecule has 0 spiro atoms. The van der Waals surface area contributed by atoms with E-state index in [1.165, 1.54) is 0 Å². The molecule has 0 saturated carbocycles. The van der Waals surface area contributed by atoms with Crippen molar-refractivity contribution in [3.05, 3.63) is 23.9 Å². The molecule has 18 heavy (non-hydrogen) atoms. The summed E-state index contributed by atoms with van der Waals surface area (Å²) in [6.07, 6.45) is 1.56. The summed E-state index contributed by atoms with van der Waals surface area (Å²) < 4.78 is 5.78. The molecule has 100 valence electrons. The topological polar surface area (TPSA) is 71.6 Å². The summed E-state index contributed by atoms with van der Waals surface area (Å²) >= 11 is 0. The number of rotatable bonds is 3. The smallest absolute Gasteiger partial charge is 0.127 e. The monoisotopic (exact) mass is 251 g/mol. The number of aliphatic hydroxyl groups is 1. The number of hydrogen-bond donors (Lipinski definition) is 2. The summed E-state index contributed by atoms with van der Waals surface area (Å²) in [5, 5.41) is 9.27. The molecule has 2 rings (SSSR count). The van der Waals surface area contributed by atoms with Crippen LogP contribution < -0.4 is 5.73 Å². The Balaban J connectivity index is 2.07. The van der Waals surface area contributed by atoms with Crippen molar-refractivity contribution in [2.75, 3.05) is 25.4 Å². The molecule has 0 bridgehead atoms. The van der Waals surface area contributed by atoms with Crippen molar-refractivity contribution in [1.82, 2.24) is 9.88 Å². The van der Waals surface area contributed by atoms with Gasteiger partial charge in [-0.05, 0) is 19.9 Å². The molecule has 1 aliphatic rings. The summed E-state index contributed by atoms with van der Waals surface area (Å²) in [5.74, 6) is 0.572. The van der Waals surface area contributed by atoms with Gasteiger partial charge >= 0.3 is 0 Å². The van der Waals surface area contributed by atoms with Crippen molar-refractivity contribution in [1.29, 1.82) is 0 Å². The summed E-state index contributed by atoms with van der Waals surface area (Å²) in [5.41, 5.74) is 6.63. The third-order valence-electron chi connectivity index (χ3n) is 3.08. The van der Waals surface area contributed by atoms with E-state index >= 15 is 0 Å². The third kappa shape index (κ3) is 3.19. The van der Waals surface area contributed by atoms with Crippen LogP contribution in [0.3, 0.4) is 0 Å². The van der Waals surface area contributed by atoms with Crippen LogP contribution in [-0.2, 0) is 11.3 Å². The number of ether oxygens (including phenoxy) is 1. The van der Waals surface area contributed by atoms with E-state index in [1.807, 2.05) is 26.0 Å². The highest BCUT2D eigenvalue weighted by Crippen LogP contribution is 2.23. The first-order chi connectivity index (χ1) is 8.50. The lowest BCUT2D eigenvalue weighted by Gasteiger charge is -2.42. The molecule has 1 aromatic heterocycles. The van der Waals surface area contributed by atoms with E-state index in [-0.39, 0.29) is 18.3 Å². The van der Waals surface area contributed by atoms with Gasteiger partial charge in [0.25, 0.3) is 0 Å². The number of nitrogen functional groups attached to an aromatic ring is 1. The van der Waals surface area contributed by atoms with Gasteiger partial charge in [-0.15, -0.1) is 0 Å². The molecule has 5 nitrogen and oxygen atoms in total. The zero-order valence-electron chi connectivity index (χ0n) is 11.0. The van der Waals surface area contributed by atoms with Crippen molar-refractivity contribution < 1.29 is 9.84 Å². The van der Waals surface area contributed by atoms with E-state index in [1.54, 1.807) is 6.20 Å². The van der Waals surface area contributed by atoms with Crippen LogP contribution in [0.25, 0.3) is 0 Å². The maximum absolute atomic E-state index is 9.27. The van der Waals surface area contributed by atoms with Crippen molar-refractivity contribution in [3.63, 3.8) is 0 Å². The van der Waals surface area contributed by atoms with Crippen molar-refractivity contribution >= 4 is 5.82 Å². The highest BCUT2D eigenvalue weighted by molar-refractivity contribution is 5.38. The van der Waals surface area contributed by atoms with Crippen LogP contribution in [-0.4, -0.2) is 46.4 Å². The molecule has 3 N–H and O–H groups in total. The summed E-state index contributed by atoms with van der Waals surface area (Å²) in [6, 6.07) is 3.87. The Labute approximate surface area is 108 Å². The minimum absolute atomic E-state index is 0.0441. The van der Waals surface area contributed by atoms with Crippen molar-refractivity contribution in [2.45, 2.75) is 32.1 Å². The molecule has 0 aliphatic carbocycles. The SMILES string of the molecule is CC1(C)CN(Cc2cccnc2N)CC(CO)O1. The highest BCUT2D eigenvalue weighted by atomic mass is 16.5. The molecule has 1 atom stereocenters. The van der Waals surface area contributed by atoms with Crippen LogP contribution in [0, 0.1) is 0 Å². The quantitative estimate of drug-likeness (QED) is 0.824. The van der Waals surface area contributed by atoms with Crippen LogP contribution in [0.4, 0.5) is 5.82 Å². The number of aromatic nitrogens is 1. The van der Waals surface area contributed by atoms with Gasteiger partial charge in [-0.1, -0.05) is 6.07 Å². The lowest BCUT2D eigenvalue weighted by Crippen LogP contribution is -2.53. The number of hydrogen-bond acceptors (Lipinski definition) is 5. The lowest BCUT2D eigenvalue weighted by molar-refractivity contribution is -0.150. The van der Waals surface area contributed by atoms with E-state index in [2.05, 4.69) is 9.88 Å². The van der Waals surface area contributed by atoms with Gasteiger partial charge in [0.05, 0.1) is 18.3 Å². The van der Waals surface area contributed by atoms with E-state index in [0.29, 0.717) is 12.4 Å². The average Bonchev–Trinajstić information content (AvgIpc) is 2.30. The number of nitrogens with two attached hydrogens (primary N) is 1. The van der Waals surface area contributed by atoms with Gasteiger partial charge < -0.3 is 15.6 Å². The van der Waals surface area contributed by atoms with E-state index < -0.39 is 0 Å². The molecule has 1 aliphatic heterocycles. The predicted molar refractivity (Wildman–Crippen MR) is 70.0 cm³/mol. The Morgan fingerprint density at radius 1 is 1.61 bits per heavy atom. The zero-order chi connectivity index (χ0) is 13.2. The van der Waals surface area contributed by atoms with Gasteiger partial charge in [0.15, 0.2) is 0 Å². The second-order valence-corrected chi connectivity index (χ2v) is 5.40. The third-order valence-corrected chi connectivity index (χ3v) is 3.08. The molecule has 0 radical (unpaired) electrons. The Bertz CT molecular complexity index is 409. The molecule has 1 aromatic rings. The fourth-order valence-electron chi connectivity index (χ4n) is 2.46. The first kappa shape index (κ1) is 13.3. The zero-order valence-corrected chi connectivity index (χ0v) is 11.0. The molecule has 2 heterocycles. The predicted octanol–water partition coefficient (Wildman–Crippen LogP) is 0.636. The van der Waals surface area contributed by atoms with Gasteiger partial charge in [-0.2, -0.15) is 0 Å². The maximum atomic E-state index is 9.27. The maximum Gasteiger partial charge on any atom is 0.127 e. The van der Waals surface area contributed by atoms with Crippen molar-refractivity contribution in [2.24, 2.45) is 0 Å². The Morgan fingerprint density at radius 3 is 3.06 bits per heavy atom. The molecular formula is C13H21N3O2. The van der Waals surface area contributed by atoms with Crippen LogP contribution >= 0.6 is 0 Å². The molecule has 1 unspecified atom stereocenters. The first-order valence-corrected chi connectivity index (χ1v) is 6.20. The summed E-state index contributed by atoms with van der Waals surface area (Å²) in [4.78, 5) is 6.34. The van der Waals surface area contributed by atoms with Gasteiger partial charge in [-0.3, -0.25) is 4.90 Å². The molecule has 0 amide bonds. The van der Waals surface area contributed by atoms with E-state index in [4.69, 9.17) is 10.5 Å². The number of morpholine rings is 1. The highest BCUT2D eigenvalue weighted by Gasteiger charge is 2.33.